The molecule has 10 heteroatoms. The molecule has 174 valence electrons. The topological polar surface area (TPSA) is 78.9 Å². The van der Waals surface area contributed by atoms with Crippen LogP contribution >= 0.6 is 23.2 Å². The second-order valence-electron chi connectivity index (χ2n) is 8.03. The minimum atomic E-state index is -0.306. The van der Waals surface area contributed by atoms with Crippen LogP contribution in [-0.4, -0.2) is 66.0 Å². The first kappa shape index (κ1) is 22.4. The zero-order valence-electron chi connectivity index (χ0n) is 18.2. The molecule has 0 aliphatic carbocycles. The van der Waals surface area contributed by atoms with Crippen molar-refractivity contribution < 1.29 is 14.3 Å². The van der Waals surface area contributed by atoms with Crippen LogP contribution in [0.5, 0.6) is 5.75 Å². The molecule has 1 saturated heterocycles. The van der Waals surface area contributed by atoms with E-state index in [-0.39, 0.29) is 25.0 Å². The number of fused-ring (bicyclic) bond motifs is 1. The summed E-state index contributed by atoms with van der Waals surface area (Å²) in [6.45, 7) is 2.23. The number of pyridine rings is 2. The molecule has 2 aliphatic rings. The molecule has 1 aromatic carbocycles. The van der Waals surface area contributed by atoms with Crippen LogP contribution in [-0.2, 0) is 9.59 Å². The van der Waals surface area contributed by atoms with Crippen molar-refractivity contribution in [2.45, 2.75) is 0 Å². The highest BCUT2D eigenvalue weighted by Gasteiger charge is 2.31. The first-order valence-electron chi connectivity index (χ1n) is 10.8. The molecule has 0 N–H and O–H groups in total. The zero-order chi connectivity index (χ0) is 23.7. The van der Waals surface area contributed by atoms with Gasteiger partial charge >= 0.3 is 0 Å². The summed E-state index contributed by atoms with van der Waals surface area (Å²) in [7, 11) is 0. The number of nitrogens with zero attached hydrogens (tertiary/aromatic N) is 5. The number of hydrogen-bond donors (Lipinski definition) is 0. The van der Waals surface area contributed by atoms with Gasteiger partial charge in [0.05, 0.1) is 0 Å². The fraction of sp³-hybridized carbons (Fsp3) is 0.250. The van der Waals surface area contributed by atoms with Crippen molar-refractivity contribution in [3.8, 4) is 16.9 Å². The van der Waals surface area contributed by atoms with E-state index >= 15 is 0 Å². The van der Waals surface area contributed by atoms with Gasteiger partial charge in [-0.15, -0.1) is 0 Å². The Labute approximate surface area is 206 Å². The van der Waals surface area contributed by atoms with Gasteiger partial charge in [-0.1, -0.05) is 29.3 Å². The largest absolute Gasteiger partial charge is 0.480 e. The van der Waals surface area contributed by atoms with Crippen LogP contribution in [0, 0.1) is 0 Å². The molecule has 2 aliphatic heterocycles. The van der Waals surface area contributed by atoms with E-state index in [1.165, 1.54) is 4.90 Å². The Morgan fingerprint density at radius 3 is 2.44 bits per heavy atom. The molecular weight excluding hydrogens is 477 g/mol. The van der Waals surface area contributed by atoms with E-state index in [4.69, 9.17) is 27.9 Å². The lowest BCUT2D eigenvalue weighted by atomic mass is 10.1. The van der Waals surface area contributed by atoms with E-state index in [1.54, 1.807) is 41.6 Å². The van der Waals surface area contributed by atoms with Crippen LogP contribution in [0.15, 0.2) is 54.9 Å². The number of halogens is 2. The van der Waals surface area contributed by atoms with E-state index in [1.807, 2.05) is 18.2 Å². The van der Waals surface area contributed by atoms with Crippen molar-refractivity contribution in [1.82, 2.24) is 14.9 Å². The van der Waals surface area contributed by atoms with Gasteiger partial charge in [-0.05, 0) is 42.0 Å². The number of aromatic nitrogens is 2. The maximum absolute atomic E-state index is 13.0. The van der Waals surface area contributed by atoms with Crippen LogP contribution in [0.3, 0.4) is 0 Å². The Morgan fingerprint density at radius 2 is 1.74 bits per heavy atom. The maximum Gasteiger partial charge on any atom is 0.266 e. The number of hydrogen-bond acceptors (Lipinski definition) is 6. The summed E-state index contributed by atoms with van der Waals surface area (Å²) in [5.41, 5.74) is 1.52. The minimum Gasteiger partial charge on any atom is -0.480 e. The highest BCUT2D eigenvalue weighted by molar-refractivity contribution is 6.35. The molecule has 1 fully saturated rings. The third-order valence-electron chi connectivity index (χ3n) is 5.84. The predicted octanol–water partition coefficient (Wildman–Crippen LogP) is 3.52. The second kappa shape index (κ2) is 9.48. The first-order valence-corrected chi connectivity index (χ1v) is 11.6. The Morgan fingerprint density at radius 1 is 0.971 bits per heavy atom. The van der Waals surface area contributed by atoms with Crippen molar-refractivity contribution in [3.05, 3.63) is 64.9 Å². The van der Waals surface area contributed by atoms with Gasteiger partial charge in [-0.25, -0.2) is 9.97 Å². The summed E-state index contributed by atoms with van der Waals surface area (Å²) in [5, 5.41) is 1.01. The van der Waals surface area contributed by atoms with Gasteiger partial charge in [0, 0.05) is 54.2 Å². The highest BCUT2D eigenvalue weighted by atomic mass is 35.5. The molecule has 0 unspecified atom stereocenters. The number of carbonyl (C=O) groups is 2. The molecule has 8 nitrogen and oxygen atoms in total. The molecule has 3 aromatic rings. The van der Waals surface area contributed by atoms with E-state index < -0.39 is 0 Å². The number of rotatable bonds is 4. The van der Waals surface area contributed by atoms with Crippen LogP contribution < -0.4 is 14.5 Å². The van der Waals surface area contributed by atoms with Crippen molar-refractivity contribution >= 4 is 46.7 Å². The summed E-state index contributed by atoms with van der Waals surface area (Å²) in [5.74, 6) is 1.22. The SMILES string of the molecule is O=C(CN1C(=O)COc2cc(-c3cc(Cl)cc(Cl)c3)cnc21)N1CCN(c2ccccn2)CC1. The second-order valence-corrected chi connectivity index (χ2v) is 8.90. The van der Waals surface area contributed by atoms with Crippen molar-refractivity contribution in [3.63, 3.8) is 0 Å². The zero-order valence-corrected chi connectivity index (χ0v) is 19.7. The smallest absolute Gasteiger partial charge is 0.266 e. The molecule has 4 heterocycles. The lowest BCUT2D eigenvalue weighted by Gasteiger charge is -2.36. The molecule has 5 rings (SSSR count). The van der Waals surface area contributed by atoms with Crippen LogP contribution in [0.1, 0.15) is 0 Å². The summed E-state index contributed by atoms with van der Waals surface area (Å²) in [4.78, 5) is 39.7. The average Bonchev–Trinajstić information content (AvgIpc) is 2.85. The number of benzene rings is 1. The maximum atomic E-state index is 13.0. The highest BCUT2D eigenvalue weighted by Crippen LogP contribution is 2.35. The third kappa shape index (κ3) is 4.64. The van der Waals surface area contributed by atoms with Gasteiger partial charge in [0.25, 0.3) is 5.91 Å². The van der Waals surface area contributed by atoms with Gasteiger partial charge in [-0.3, -0.25) is 14.5 Å². The summed E-state index contributed by atoms with van der Waals surface area (Å²) < 4.78 is 5.62. The molecule has 2 amide bonds. The number of anilines is 2. The normalized spacial score (nSPS) is 15.7. The summed E-state index contributed by atoms with van der Waals surface area (Å²) in [6, 6.07) is 12.8. The molecule has 0 atom stereocenters. The lowest BCUT2D eigenvalue weighted by molar-refractivity contribution is -0.132. The third-order valence-corrected chi connectivity index (χ3v) is 6.27. The Bertz CT molecular complexity index is 1210. The van der Waals surface area contributed by atoms with Gasteiger partial charge < -0.3 is 14.5 Å². The monoisotopic (exact) mass is 497 g/mol. The number of piperazine rings is 1. The Hall–Kier alpha value is -3.36. The predicted molar refractivity (Wildman–Crippen MR) is 131 cm³/mol. The Balaban J connectivity index is 1.29. The fourth-order valence-corrected chi connectivity index (χ4v) is 4.61. The summed E-state index contributed by atoms with van der Waals surface area (Å²) >= 11 is 12.2. The van der Waals surface area contributed by atoms with E-state index in [0.717, 1.165) is 16.9 Å². The summed E-state index contributed by atoms with van der Waals surface area (Å²) in [6.07, 6.45) is 3.37. The van der Waals surface area contributed by atoms with E-state index in [2.05, 4.69) is 14.9 Å². The average molecular weight is 498 g/mol. The molecule has 0 radical (unpaired) electrons. The van der Waals surface area contributed by atoms with Gasteiger partial charge in [0.2, 0.25) is 5.91 Å². The Kier molecular flexibility index (Phi) is 6.26. The van der Waals surface area contributed by atoms with Gasteiger partial charge in [-0.2, -0.15) is 0 Å². The number of carbonyl (C=O) groups excluding carboxylic acids is 2. The van der Waals surface area contributed by atoms with Crippen LogP contribution in [0.2, 0.25) is 10.0 Å². The van der Waals surface area contributed by atoms with E-state index in [0.29, 0.717) is 47.8 Å². The molecule has 2 aromatic heterocycles. The standard InChI is InChI=1S/C24H21Cl2N5O3/c25-18-9-16(10-19(26)12-18)17-11-20-24(28-13-17)31(23(33)15-34-20)14-22(32)30-7-5-29(6-8-30)21-3-1-2-4-27-21/h1-4,9-13H,5-8,14-15H2. The molecule has 34 heavy (non-hydrogen) atoms. The van der Waals surface area contributed by atoms with Gasteiger partial charge in [0.15, 0.2) is 18.2 Å². The first-order chi connectivity index (χ1) is 16.5. The van der Waals surface area contributed by atoms with Crippen LogP contribution in [0.4, 0.5) is 11.6 Å². The molecule has 0 bridgehead atoms. The van der Waals surface area contributed by atoms with Crippen molar-refractivity contribution in [2.75, 3.05) is 49.1 Å². The van der Waals surface area contributed by atoms with Crippen molar-refractivity contribution in [1.29, 1.82) is 0 Å². The molecular formula is C24H21Cl2N5O3. The number of amides is 2. The minimum absolute atomic E-state index is 0.0892. The molecule has 0 spiro atoms. The fourth-order valence-electron chi connectivity index (χ4n) is 4.08. The number of ether oxygens (including phenoxy) is 1. The van der Waals surface area contributed by atoms with Crippen LogP contribution in [0.25, 0.3) is 11.1 Å². The van der Waals surface area contributed by atoms with Gasteiger partial charge in [0.1, 0.15) is 12.4 Å². The lowest BCUT2D eigenvalue weighted by Crippen LogP contribution is -2.53. The molecule has 0 saturated carbocycles. The quantitative estimate of drug-likeness (QED) is 0.548. The van der Waals surface area contributed by atoms with Crippen molar-refractivity contribution in [2.24, 2.45) is 0 Å². The van der Waals surface area contributed by atoms with E-state index in [9.17, 15) is 9.59 Å².